The van der Waals surface area contributed by atoms with Crippen LogP contribution in [0.3, 0.4) is 0 Å². The fraction of sp³-hybridized carbons (Fsp3) is 0.750. The summed E-state index contributed by atoms with van der Waals surface area (Å²) in [4.78, 5) is 24.1. The number of allylic oxidation sites excluding steroid dienone is 4. The van der Waals surface area contributed by atoms with Gasteiger partial charge in [-0.1, -0.05) is 19.9 Å². The summed E-state index contributed by atoms with van der Waals surface area (Å²) in [7, 11) is 0. The number of aliphatic hydroxyl groups is 1. The summed E-state index contributed by atoms with van der Waals surface area (Å²) in [5.41, 5.74) is -3.52. The zero-order valence-electron chi connectivity index (χ0n) is 18.9. The number of hydrogen-bond acceptors (Lipinski definition) is 5. The van der Waals surface area contributed by atoms with Gasteiger partial charge in [0.15, 0.2) is 17.2 Å². The molecule has 9 heteroatoms. The monoisotopic (exact) mass is 548 g/mol. The topological polar surface area (TPSA) is 72.8 Å². The van der Waals surface area contributed by atoms with Crippen molar-refractivity contribution in [3.8, 4) is 0 Å². The van der Waals surface area contributed by atoms with Gasteiger partial charge in [-0.05, 0) is 78.6 Å². The van der Waals surface area contributed by atoms with Crippen molar-refractivity contribution in [2.45, 2.75) is 86.7 Å². The molecule has 5 aliphatic rings. The lowest BCUT2D eigenvalue weighted by molar-refractivity contribution is -0.223. The number of rotatable bonds is 2. The van der Waals surface area contributed by atoms with Gasteiger partial charge in [0.05, 0.1) is 17.1 Å². The van der Waals surface area contributed by atoms with Crippen LogP contribution in [0.4, 0.5) is 8.78 Å². The van der Waals surface area contributed by atoms with Crippen molar-refractivity contribution >= 4 is 39.1 Å². The minimum absolute atomic E-state index is 0.0168. The first kappa shape index (κ1) is 24.0. The van der Waals surface area contributed by atoms with Crippen molar-refractivity contribution in [3.63, 3.8) is 0 Å². The SMILES string of the molecule is CC1(C)O[C@@H]2C[C@H]3[C@@H]4C[C@H](F)C5=CC(=O)C=C[C@]5(C)[C@@]4(Cl)[C@@H](O)C[C@]3(C)[C@]2(C(=O)C(F)Br)O1. The Morgan fingerprint density at radius 3 is 2.58 bits per heavy atom. The average Bonchev–Trinajstić information content (AvgIpc) is 3.11. The Balaban J connectivity index is 1.67. The molecule has 3 saturated carbocycles. The lowest BCUT2D eigenvalue weighted by Crippen LogP contribution is -2.70. The lowest BCUT2D eigenvalue weighted by Gasteiger charge is -2.64. The van der Waals surface area contributed by atoms with Crippen molar-refractivity contribution < 1.29 is 33.0 Å². The first-order chi connectivity index (χ1) is 15.1. The Morgan fingerprint density at radius 1 is 1.27 bits per heavy atom. The Bertz CT molecular complexity index is 999. The van der Waals surface area contributed by atoms with Crippen LogP contribution >= 0.6 is 27.5 Å². The molecule has 0 aromatic carbocycles. The Hall–Kier alpha value is -0.670. The van der Waals surface area contributed by atoms with E-state index in [1.54, 1.807) is 33.8 Å². The van der Waals surface area contributed by atoms with Crippen molar-refractivity contribution in [2.75, 3.05) is 0 Å². The Morgan fingerprint density at radius 2 is 1.94 bits per heavy atom. The zero-order valence-corrected chi connectivity index (χ0v) is 21.3. The van der Waals surface area contributed by atoms with Gasteiger partial charge in [0.2, 0.25) is 10.9 Å². The minimum atomic E-state index is -1.98. The fourth-order valence-corrected chi connectivity index (χ4v) is 8.73. The number of fused-ring (bicyclic) bond motifs is 7. The van der Waals surface area contributed by atoms with Gasteiger partial charge in [0, 0.05) is 10.8 Å². The van der Waals surface area contributed by atoms with Gasteiger partial charge in [-0.25, -0.2) is 8.78 Å². The summed E-state index contributed by atoms with van der Waals surface area (Å²) in [6.45, 7) is 6.90. The van der Waals surface area contributed by atoms with E-state index in [9.17, 15) is 19.1 Å². The second-order valence-corrected chi connectivity index (χ2v) is 12.5. The van der Waals surface area contributed by atoms with E-state index < -0.39 is 62.3 Å². The Labute approximate surface area is 205 Å². The zero-order chi connectivity index (χ0) is 24.4. The van der Waals surface area contributed by atoms with Gasteiger partial charge >= 0.3 is 0 Å². The predicted octanol–water partition coefficient (Wildman–Crippen LogP) is 4.33. The molecular formula is C24H28BrClF2O5. The molecule has 0 spiro atoms. The van der Waals surface area contributed by atoms with Gasteiger partial charge in [-0.15, -0.1) is 11.6 Å². The summed E-state index contributed by atoms with van der Waals surface area (Å²) in [5.74, 6) is -3.17. The van der Waals surface area contributed by atoms with Crippen molar-refractivity contribution in [3.05, 3.63) is 23.8 Å². The van der Waals surface area contributed by atoms with Gasteiger partial charge in [0.25, 0.3) is 0 Å². The van der Waals surface area contributed by atoms with E-state index in [-0.39, 0.29) is 30.1 Å². The highest BCUT2D eigenvalue weighted by Gasteiger charge is 2.80. The molecule has 1 N–H and O–H groups in total. The third kappa shape index (κ3) is 2.73. The maximum atomic E-state index is 15.6. The molecule has 5 rings (SSSR count). The molecule has 1 saturated heterocycles. The quantitative estimate of drug-likeness (QED) is 0.519. The fourth-order valence-electron chi connectivity index (χ4n) is 7.90. The smallest absolute Gasteiger partial charge is 0.215 e. The van der Waals surface area contributed by atoms with Gasteiger partial charge < -0.3 is 14.6 Å². The maximum absolute atomic E-state index is 15.6. The summed E-state index contributed by atoms with van der Waals surface area (Å²) in [6.07, 6.45) is 1.23. The summed E-state index contributed by atoms with van der Waals surface area (Å²) in [6, 6.07) is 0. The molecule has 1 unspecified atom stereocenters. The number of ketones is 2. The van der Waals surface area contributed by atoms with Crippen LogP contribution in [0.1, 0.15) is 47.0 Å². The highest BCUT2D eigenvalue weighted by Crippen LogP contribution is 2.73. The first-order valence-corrected chi connectivity index (χ1v) is 12.6. The molecule has 5 nitrogen and oxygen atoms in total. The van der Waals surface area contributed by atoms with E-state index in [1.807, 2.05) is 0 Å². The third-order valence-electron chi connectivity index (χ3n) is 9.19. The van der Waals surface area contributed by atoms with Crippen LogP contribution in [-0.2, 0) is 19.1 Å². The molecule has 0 bridgehead atoms. The first-order valence-electron chi connectivity index (χ1n) is 11.3. The van der Waals surface area contributed by atoms with E-state index in [1.165, 1.54) is 12.2 Å². The van der Waals surface area contributed by atoms with Crippen LogP contribution in [0.2, 0.25) is 0 Å². The molecule has 33 heavy (non-hydrogen) atoms. The number of aliphatic hydroxyl groups excluding tert-OH is 1. The van der Waals surface area contributed by atoms with E-state index in [0.717, 1.165) is 0 Å². The van der Waals surface area contributed by atoms with Crippen LogP contribution in [0.5, 0.6) is 0 Å². The second kappa shape index (κ2) is 6.96. The lowest BCUT2D eigenvalue weighted by atomic mass is 9.45. The maximum Gasteiger partial charge on any atom is 0.215 e. The summed E-state index contributed by atoms with van der Waals surface area (Å²) in [5, 5.41) is 9.62. The molecule has 0 aromatic heterocycles. The standard InChI is InChI=1S/C24H28BrClF2O5/c1-20(2)32-17-9-12-13-8-15(27)14-7-11(29)5-6-21(14,3)23(13,26)16(30)10-22(12,4)24(17,33-20)18(31)19(25)28/h5-7,12-13,15-17,19,30H,8-10H2,1-4H3/t12-,13-,15-,16-,17+,19?,21-,22-,23-,24-/m0/s1. The number of carbonyl (C=O) groups excluding carboxylic acids is 2. The molecule has 4 aliphatic carbocycles. The molecule has 182 valence electrons. The molecule has 4 fully saturated rings. The normalized spacial score (nSPS) is 52.9. The van der Waals surface area contributed by atoms with Gasteiger partial charge in [-0.3, -0.25) is 9.59 Å². The number of ether oxygens (including phenoxy) is 2. The average molecular weight is 550 g/mol. The number of carbonyl (C=O) groups is 2. The highest BCUT2D eigenvalue weighted by atomic mass is 79.9. The van der Waals surface area contributed by atoms with Crippen molar-refractivity contribution in [1.29, 1.82) is 0 Å². The third-order valence-corrected chi connectivity index (χ3v) is 10.5. The number of alkyl halides is 4. The van der Waals surface area contributed by atoms with Crippen LogP contribution < -0.4 is 0 Å². The van der Waals surface area contributed by atoms with Crippen molar-refractivity contribution in [2.24, 2.45) is 22.7 Å². The van der Waals surface area contributed by atoms with E-state index in [4.69, 9.17) is 21.1 Å². The minimum Gasteiger partial charge on any atom is -0.391 e. The number of Topliss-reactive ketones (excluding diaryl/α,β-unsaturated/α-hetero) is 1. The van der Waals surface area contributed by atoms with Crippen molar-refractivity contribution in [1.82, 2.24) is 0 Å². The molecule has 10 atom stereocenters. The van der Waals surface area contributed by atoms with Crippen LogP contribution in [0, 0.1) is 22.7 Å². The number of halogens is 4. The second-order valence-electron chi connectivity index (χ2n) is 11.1. The van der Waals surface area contributed by atoms with Crippen LogP contribution in [0.15, 0.2) is 23.8 Å². The summed E-state index contributed by atoms with van der Waals surface area (Å²) < 4.78 is 42.4. The molecule has 1 heterocycles. The number of hydrogen-bond donors (Lipinski definition) is 1. The van der Waals surface area contributed by atoms with Crippen LogP contribution in [0.25, 0.3) is 0 Å². The summed E-state index contributed by atoms with van der Waals surface area (Å²) >= 11 is 10.1. The van der Waals surface area contributed by atoms with Gasteiger partial charge in [-0.2, -0.15) is 0 Å². The molecule has 1 aliphatic heterocycles. The van der Waals surface area contributed by atoms with E-state index >= 15 is 4.39 Å². The van der Waals surface area contributed by atoms with E-state index in [2.05, 4.69) is 15.9 Å². The molecule has 0 radical (unpaired) electrons. The molecular weight excluding hydrogens is 522 g/mol. The predicted molar refractivity (Wildman–Crippen MR) is 120 cm³/mol. The molecule has 0 amide bonds. The largest absolute Gasteiger partial charge is 0.391 e. The highest BCUT2D eigenvalue weighted by molar-refractivity contribution is 9.09. The van der Waals surface area contributed by atoms with Gasteiger partial charge in [0.1, 0.15) is 6.17 Å². The Kier molecular flexibility index (Phi) is 5.07. The van der Waals surface area contributed by atoms with Crippen LogP contribution in [-0.4, -0.2) is 56.4 Å². The van der Waals surface area contributed by atoms with E-state index in [0.29, 0.717) is 6.42 Å². The molecule has 0 aromatic rings.